The highest BCUT2D eigenvalue weighted by molar-refractivity contribution is 5.10. The van der Waals surface area contributed by atoms with Crippen molar-refractivity contribution in [3.8, 4) is 0 Å². The molecule has 4 aliphatic carbocycles. The summed E-state index contributed by atoms with van der Waals surface area (Å²) < 4.78 is 8.06. The monoisotopic (exact) mass is 456 g/mol. The van der Waals surface area contributed by atoms with Gasteiger partial charge in [-0.1, -0.05) is 33.6 Å². The summed E-state index contributed by atoms with van der Waals surface area (Å²) in [6.07, 6.45) is 15.8. The number of aryl methyl sites for hydroxylation is 1. The lowest BCUT2D eigenvalue weighted by Crippen LogP contribution is -2.56. The summed E-state index contributed by atoms with van der Waals surface area (Å²) >= 11 is 0. The summed E-state index contributed by atoms with van der Waals surface area (Å²) in [6, 6.07) is 0. The predicted octanol–water partition coefficient (Wildman–Crippen LogP) is 6.32. The molecule has 5 rings (SSSR count). The van der Waals surface area contributed by atoms with Crippen molar-refractivity contribution in [3.05, 3.63) is 5.82 Å². The van der Waals surface area contributed by atoms with Crippen molar-refractivity contribution in [2.24, 2.45) is 52.3 Å². The van der Waals surface area contributed by atoms with Gasteiger partial charge in [-0.2, -0.15) is 0 Å². The third-order valence-corrected chi connectivity index (χ3v) is 11.5. The second-order valence-electron chi connectivity index (χ2n) is 12.9. The second-order valence-corrected chi connectivity index (χ2v) is 12.9. The van der Waals surface area contributed by atoms with Crippen molar-refractivity contribution >= 4 is 0 Å². The molecule has 4 saturated carbocycles. The van der Waals surface area contributed by atoms with Crippen LogP contribution in [0.25, 0.3) is 0 Å². The Labute approximate surface area is 201 Å². The Morgan fingerprint density at radius 1 is 1.09 bits per heavy atom. The quantitative estimate of drug-likeness (QED) is 0.482. The van der Waals surface area contributed by atoms with E-state index in [1.54, 1.807) is 0 Å². The lowest BCUT2D eigenvalue weighted by molar-refractivity contribution is -0.154. The molecule has 0 aromatic carbocycles. The molecule has 9 atom stereocenters. The van der Waals surface area contributed by atoms with Crippen LogP contribution in [0.4, 0.5) is 0 Å². The Hall–Kier alpha value is -0.970. The Balaban J connectivity index is 1.35. The summed E-state index contributed by atoms with van der Waals surface area (Å²) in [5.41, 5.74) is 0.958. The van der Waals surface area contributed by atoms with Crippen molar-refractivity contribution in [1.82, 2.24) is 20.2 Å². The van der Waals surface area contributed by atoms with E-state index in [1.807, 2.05) is 18.7 Å². The highest BCUT2D eigenvalue weighted by atomic mass is 16.5. The zero-order chi connectivity index (χ0) is 23.2. The van der Waals surface area contributed by atoms with E-state index >= 15 is 0 Å². The van der Waals surface area contributed by atoms with Gasteiger partial charge in [0.15, 0.2) is 0 Å². The van der Waals surface area contributed by atoms with Gasteiger partial charge in [-0.05, 0) is 127 Å². The Morgan fingerprint density at radius 2 is 1.94 bits per heavy atom. The van der Waals surface area contributed by atoms with E-state index in [0.717, 1.165) is 54.5 Å². The number of nitrogens with zero attached hydrogens (tertiary/aromatic N) is 4. The molecule has 0 spiro atoms. The van der Waals surface area contributed by atoms with Crippen LogP contribution in [-0.4, -0.2) is 33.9 Å². The molecular formula is C28H48N4O. The zero-order valence-corrected chi connectivity index (χ0v) is 21.9. The first-order valence-electron chi connectivity index (χ1n) is 14.1. The smallest absolute Gasteiger partial charge is 0.148 e. The summed E-state index contributed by atoms with van der Waals surface area (Å²) in [7, 11) is 1.97. The summed E-state index contributed by atoms with van der Waals surface area (Å²) in [6.45, 7) is 11.5. The van der Waals surface area contributed by atoms with Crippen molar-refractivity contribution in [2.45, 2.75) is 105 Å². The fourth-order valence-corrected chi connectivity index (χ4v) is 10.2. The number of methoxy groups -OCH3 is 1. The molecule has 1 heterocycles. The lowest BCUT2D eigenvalue weighted by Gasteiger charge is -2.62. The normalized spacial score (nSPS) is 43.5. The summed E-state index contributed by atoms with van der Waals surface area (Å²) in [4.78, 5) is 0. The molecule has 0 radical (unpaired) electrons. The van der Waals surface area contributed by atoms with Gasteiger partial charge in [0.2, 0.25) is 0 Å². The fourth-order valence-electron chi connectivity index (χ4n) is 10.2. The average molecular weight is 457 g/mol. The van der Waals surface area contributed by atoms with Gasteiger partial charge in [-0.15, -0.1) is 5.10 Å². The van der Waals surface area contributed by atoms with Gasteiger partial charge in [0.05, 0.1) is 6.61 Å². The van der Waals surface area contributed by atoms with E-state index in [1.165, 1.54) is 70.6 Å². The van der Waals surface area contributed by atoms with Crippen LogP contribution < -0.4 is 0 Å². The van der Waals surface area contributed by atoms with Crippen molar-refractivity contribution in [3.63, 3.8) is 0 Å². The molecule has 5 heteroatoms. The maximum atomic E-state index is 6.03. The van der Waals surface area contributed by atoms with Crippen LogP contribution in [0.5, 0.6) is 0 Å². The molecule has 0 saturated heterocycles. The molecule has 33 heavy (non-hydrogen) atoms. The average Bonchev–Trinajstić information content (AvgIpc) is 3.36. The Morgan fingerprint density at radius 3 is 2.67 bits per heavy atom. The first-order chi connectivity index (χ1) is 15.9. The number of fused-ring (bicyclic) bond motifs is 5. The van der Waals surface area contributed by atoms with Gasteiger partial charge < -0.3 is 4.74 Å². The van der Waals surface area contributed by atoms with Crippen LogP contribution in [0.15, 0.2) is 0 Å². The molecule has 0 bridgehead atoms. The van der Waals surface area contributed by atoms with Crippen molar-refractivity contribution in [1.29, 1.82) is 0 Å². The van der Waals surface area contributed by atoms with Gasteiger partial charge in [0.25, 0.3) is 0 Å². The van der Waals surface area contributed by atoms with Gasteiger partial charge in [-0.25, -0.2) is 4.68 Å². The van der Waals surface area contributed by atoms with Crippen molar-refractivity contribution < 1.29 is 4.74 Å². The van der Waals surface area contributed by atoms with Crippen LogP contribution in [0, 0.1) is 59.2 Å². The molecule has 186 valence electrons. The zero-order valence-electron chi connectivity index (χ0n) is 21.9. The Kier molecular flexibility index (Phi) is 6.65. The van der Waals surface area contributed by atoms with Crippen LogP contribution in [-0.2, 0) is 11.3 Å². The first-order valence-corrected chi connectivity index (χ1v) is 14.1. The highest BCUT2D eigenvalue weighted by Crippen LogP contribution is 2.68. The molecule has 1 aromatic heterocycles. The second kappa shape index (κ2) is 9.24. The molecule has 0 aliphatic heterocycles. The van der Waals surface area contributed by atoms with E-state index in [4.69, 9.17) is 4.74 Å². The number of rotatable bonds is 7. The minimum absolute atomic E-state index is 0.469. The van der Waals surface area contributed by atoms with Crippen LogP contribution in [0.2, 0.25) is 0 Å². The summed E-state index contributed by atoms with van der Waals surface area (Å²) in [5, 5.41) is 12.3. The molecule has 1 aromatic rings. The molecule has 5 nitrogen and oxygen atoms in total. The molecular weight excluding hydrogens is 408 g/mol. The number of ether oxygens (including phenoxy) is 1. The molecule has 4 aliphatic rings. The lowest BCUT2D eigenvalue weighted by atomic mass is 9.43. The number of hydrogen-bond acceptors (Lipinski definition) is 4. The minimum Gasteiger partial charge on any atom is -0.384 e. The number of tetrazole rings is 1. The van der Waals surface area contributed by atoms with E-state index in [9.17, 15) is 0 Å². The van der Waals surface area contributed by atoms with E-state index in [0.29, 0.717) is 16.7 Å². The fraction of sp³-hybridized carbons (Fsp3) is 0.964. The van der Waals surface area contributed by atoms with Gasteiger partial charge in [0, 0.05) is 13.7 Å². The SMILES string of the molecule is CCC[C@H]1CC[C@]2(COC)C3CC[C@@]4(C)C(CC[C@@H]4[C@@H](C)Cn4nnnc4C)[C@@H]3CC[C@@H]2C1. The number of aromatic nitrogens is 4. The molecule has 0 amide bonds. The molecule has 2 unspecified atom stereocenters. The molecule has 4 fully saturated rings. The van der Waals surface area contributed by atoms with Crippen LogP contribution in [0.1, 0.15) is 97.2 Å². The Bertz CT molecular complexity index is 810. The van der Waals surface area contributed by atoms with Gasteiger partial charge in [-0.3, -0.25) is 0 Å². The van der Waals surface area contributed by atoms with Crippen LogP contribution in [0.3, 0.4) is 0 Å². The topological polar surface area (TPSA) is 52.8 Å². The summed E-state index contributed by atoms with van der Waals surface area (Å²) in [5.74, 6) is 6.98. The highest BCUT2D eigenvalue weighted by Gasteiger charge is 2.61. The predicted molar refractivity (Wildman–Crippen MR) is 132 cm³/mol. The third kappa shape index (κ3) is 3.89. The third-order valence-electron chi connectivity index (χ3n) is 11.5. The van der Waals surface area contributed by atoms with Gasteiger partial charge in [0.1, 0.15) is 5.82 Å². The standard InChI is InChI=1S/C28H48N4O/c1-6-7-21-12-15-28(18-33-5)22(16-21)8-9-23-25-11-10-24(27(25,4)14-13-26(23)28)19(2)17-32-20(3)29-30-31-32/h19,21-26H,6-18H2,1-5H3/t19-,21-,22+,23-,24+,25?,26?,27+,28+/m0/s1. The largest absolute Gasteiger partial charge is 0.384 e. The minimum atomic E-state index is 0.469. The van der Waals surface area contributed by atoms with Crippen LogP contribution >= 0.6 is 0 Å². The van der Waals surface area contributed by atoms with E-state index < -0.39 is 0 Å². The maximum Gasteiger partial charge on any atom is 0.148 e. The first kappa shape index (κ1) is 23.8. The maximum absolute atomic E-state index is 6.03. The van der Waals surface area contributed by atoms with E-state index in [-0.39, 0.29) is 0 Å². The molecule has 0 N–H and O–H groups in total. The van der Waals surface area contributed by atoms with Crippen molar-refractivity contribution in [2.75, 3.05) is 13.7 Å². The number of hydrogen-bond donors (Lipinski definition) is 0. The van der Waals surface area contributed by atoms with Gasteiger partial charge >= 0.3 is 0 Å². The van der Waals surface area contributed by atoms with E-state index in [2.05, 4.69) is 36.3 Å².